The average molecular weight is 257 g/mol. The van der Waals surface area contributed by atoms with Gasteiger partial charge in [0.25, 0.3) is 5.91 Å². The lowest BCUT2D eigenvalue weighted by atomic mass is 10.1. The quantitative estimate of drug-likeness (QED) is 0.794. The third-order valence-corrected chi connectivity index (χ3v) is 3.39. The lowest BCUT2D eigenvalue weighted by Crippen LogP contribution is -2.35. The van der Waals surface area contributed by atoms with Crippen LogP contribution < -0.4 is 10.6 Å². The zero-order chi connectivity index (χ0) is 13.6. The van der Waals surface area contributed by atoms with Gasteiger partial charge in [-0.1, -0.05) is 5.16 Å². The van der Waals surface area contributed by atoms with Crippen molar-refractivity contribution in [3.8, 4) is 0 Å². The minimum absolute atomic E-state index is 0.0984. The van der Waals surface area contributed by atoms with Crippen LogP contribution in [-0.4, -0.2) is 17.1 Å². The van der Waals surface area contributed by atoms with Gasteiger partial charge >= 0.3 is 0 Å². The van der Waals surface area contributed by atoms with Crippen molar-refractivity contribution < 1.29 is 9.32 Å². The van der Waals surface area contributed by atoms with Gasteiger partial charge in [0.1, 0.15) is 5.76 Å². The van der Waals surface area contributed by atoms with Crippen molar-refractivity contribution in [1.82, 2.24) is 5.16 Å². The number of hydrogen-bond donors (Lipinski definition) is 1. The van der Waals surface area contributed by atoms with Crippen molar-refractivity contribution >= 4 is 17.3 Å². The van der Waals surface area contributed by atoms with E-state index in [1.165, 1.54) is 0 Å². The van der Waals surface area contributed by atoms with Gasteiger partial charge in [0.15, 0.2) is 5.69 Å². The fourth-order valence-electron chi connectivity index (χ4n) is 2.55. The van der Waals surface area contributed by atoms with E-state index in [1.807, 2.05) is 25.1 Å². The fraction of sp³-hybridized carbons (Fsp3) is 0.286. The Morgan fingerprint density at radius 1 is 1.47 bits per heavy atom. The largest absolute Gasteiger partial charge is 0.399 e. The molecule has 0 bridgehead atoms. The molecule has 1 aromatic carbocycles. The maximum absolute atomic E-state index is 12.5. The number of carbonyl (C=O) groups excluding carboxylic acids is 1. The monoisotopic (exact) mass is 257 g/mol. The van der Waals surface area contributed by atoms with Gasteiger partial charge in [-0.15, -0.1) is 0 Å². The van der Waals surface area contributed by atoms with Crippen molar-refractivity contribution in [3.05, 3.63) is 41.3 Å². The summed E-state index contributed by atoms with van der Waals surface area (Å²) in [6.07, 6.45) is 0.808. The number of fused-ring (bicyclic) bond motifs is 1. The third kappa shape index (κ3) is 1.87. The zero-order valence-electron chi connectivity index (χ0n) is 10.9. The molecule has 1 unspecified atom stereocenters. The van der Waals surface area contributed by atoms with E-state index in [4.69, 9.17) is 10.3 Å². The molecule has 0 fully saturated rings. The molecule has 1 aliphatic heterocycles. The molecule has 1 amide bonds. The molecule has 3 rings (SSSR count). The molecular formula is C14H15N3O2. The normalized spacial score (nSPS) is 17.6. The summed E-state index contributed by atoms with van der Waals surface area (Å²) in [4.78, 5) is 14.2. The number of hydrogen-bond acceptors (Lipinski definition) is 4. The topological polar surface area (TPSA) is 72.4 Å². The van der Waals surface area contributed by atoms with Crippen molar-refractivity contribution in [2.45, 2.75) is 26.3 Å². The summed E-state index contributed by atoms with van der Waals surface area (Å²) in [5.41, 5.74) is 8.85. The number of benzene rings is 1. The molecule has 0 spiro atoms. The molecule has 2 N–H and O–H groups in total. The summed E-state index contributed by atoms with van der Waals surface area (Å²) in [6.45, 7) is 3.78. The fourth-order valence-corrected chi connectivity index (χ4v) is 2.55. The minimum Gasteiger partial charge on any atom is -0.399 e. The molecule has 0 aliphatic carbocycles. The molecule has 1 atom stereocenters. The van der Waals surface area contributed by atoms with E-state index in [-0.39, 0.29) is 11.9 Å². The smallest absolute Gasteiger partial charge is 0.280 e. The summed E-state index contributed by atoms with van der Waals surface area (Å²) in [5, 5.41) is 3.79. The van der Waals surface area contributed by atoms with E-state index < -0.39 is 0 Å². The molecule has 0 saturated carbocycles. The van der Waals surface area contributed by atoms with Crippen LogP contribution in [0.15, 0.2) is 28.8 Å². The predicted molar refractivity (Wildman–Crippen MR) is 72.1 cm³/mol. The molecule has 2 heterocycles. The minimum atomic E-state index is -0.132. The van der Waals surface area contributed by atoms with Gasteiger partial charge in [0.2, 0.25) is 0 Å². The number of carbonyl (C=O) groups is 1. The Morgan fingerprint density at radius 2 is 2.26 bits per heavy atom. The molecule has 2 aromatic rings. The standard InChI is InChI=1S/C14H15N3O2/c1-8-5-10-7-11(15)3-4-13(10)17(8)14(18)12-6-9(2)19-16-12/h3-4,6-8H,5,15H2,1-2H3. The average Bonchev–Trinajstić information content (AvgIpc) is 2.91. The SMILES string of the molecule is Cc1cc(C(=O)N2c3ccc(N)cc3CC2C)no1. The van der Waals surface area contributed by atoms with Crippen LogP contribution in [0, 0.1) is 6.92 Å². The van der Waals surface area contributed by atoms with E-state index in [0.29, 0.717) is 11.5 Å². The van der Waals surface area contributed by atoms with Gasteiger partial charge in [-0.25, -0.2) is 0 Å². The van der Waals surface area contributed by atoms with E-state index in [1.54, 1.807) is 17.9 Å². The van der Waals surface area contributed by atoms with E-state index in [9.17, 15) is 4.79 Å². The Hall–Kier alpha value is -2.30. The second-order valence-electron chi connectivity index (χ2n) is 4.94. The van der Waals surface area contributed by atoms with Gasteiger partial charge < -0.3 is 15.2 Å². The zero-order valence-corrected chi connectivity index (χ0v) is 10.9. The van der Waals surface area contributed by atoms with Crippen LogP contribution in [0.4, 0.5) is 11.4 Å². The molecule has 5 nitrogen and oxygen atoms in total. The van der Waals surface area contributed by atoms with Crippen molar-refractivity contribution in [1.29, 1.82) is 0 Å². The molecule has 1 aromatic heterocycles. The molecular weight excluding hydrogens is 242 g/mol. The first-order valence-electron chi connectivity index (χ1n) is 6.21. The maximum Gasteiger partial charge on any atom is 0.280 e. The molecule has 19 heavy (non-hydrogen) atoms. The Balaban J connectivity index is 2.00. The van der Waals surface area contributed by atoms with Gasteiger partial charge in [0.05, 0.1) is 0 Å². The highest BCUT2D eigenvalue weighted by molar-refractivity contribution is 6.06. The third-order valence-electron chi connectivity index (χ3n) is 3.39. The Kier molecular flexibility index (Phi) is 2.55. The number of amides is 1. The number of rotatable bonds is 1. The number of anilines is 2. The van der Waals surface area contributed by atoms with Gasteiger partial charge in [-0.05, 0) is 44.0 Å². The molecule has 0 radical (unpaired) electrons. The van der Waals surface area contributed by atoms with Crippen molar-refractivity contribution in [2.75, 3.05) is 10.6 Å². The van der Waals surface area contributed by atoms with Crippen molar-refractivity contribution in [2.24, 2.45) is 0 Å². The van der Waals surface area contributed by atoms with Gasteiger partial charge in [0, 0.05) is 23.5 Å². The van der Waals surface area contributed by atoms with Crippen LogP contribution in [0.2, 0.25) is 0 Å². The lowest BCUT2D eigenvalue weighted by molar-refractivity contribution is 0.0972. The maximum atomic E-state index is 12.5. The number of nitrogens with zero attached hydrogens (tertiary/aromatic N) is 2. The van der Waals surface area contributed by atoms with Crippen LogP contribution in [0.3, 0.4) is 0 Å². The summed E-state index contributed by atoms with van der Waals surface area (Å²) in [5.74, 6) is 0.501. The van der Waals surface area contributed by atoms with Crippen LogP contribution >= 0.6 is 0 Å². The summed E-state index contributed by atoms with van der Waals surface area (Å²) in [6, 6.07) is 7.38. The Labute approximate surface area is 111 Å². The first kappa shape index (κ1) is 11.8. The van der Waals surface area contributed by atoms with Crippen LogP contribution in [0.5, 0.6) is 0 Å². The number of aryl methyl sites for hydroxylation is 1. The molecule has 5 heteroatoms. The number of aromatic nitrogens is 1. The summed E-state index contributed by atoms with van der Waals surface area (Å²) >= 11 is 0. The number of nitrogen functional groups attached to an aromatic ring is 1. The first-order chi connectivity index (χ1) is 9.06. The van der Waals surface area contributed by atoms with Gasteiger partial charge in [-0.2, -0.15) is 0 Å². The summed E-state index contributed by atoms with van der Waals surface area (Å²) in [7, 11) is 0. The predicted octanol–water partition coefficient (Wildman–Crippen LogP) is 2.16. The molecule has 0 saturated heterocycles. The molecule has 1 aliphatic rings. The van der Waals surface area contributed by atoms with Crippen LogP contribution in [0.25, 0.3) is 0 Å². The van der Waals surface area contributed by atoms with E-state index >= 15 is 0 Å². The molecule has 98 valence electrons. The van der Waals surface area contributed by atoms with Crippen LogP contribution in [-0.2, 0) is 6.42 Å². The highest BCUT2D eigenvalue weighted by atomic mass is 16.5. The lowest BCUT2D eigenvalue weighted by Gasteiger charge is -2.21. The van der Waals surface area contributed by atoms with E-state index in [2.05, 4.69) is 5.16 Å². The highest BCUT2D eigenvalue weighted by Gasteiger charge is 2.32. The Bertz CT molecular complexity index is 648. The first-order valence-corrected chi connectivity index (χ1v) is 6.21. The van der Waals surface area contributed by atoms with Gasteiger partial charge in [-0.3, -0.25) is 4.79 Å². The second-order valence-corrected chi connectivity index (χ2v) is 4.94. The Morgan fingerprint density at radius 3 is 2.95 bits per heavy atom. The second kappa shape index (κ2) is 4.12. The van der Waals surface area contributed by atoms with E-state index in [0.717, 1.165) is 23.4 Å². The van der Waals surface area contributed by atoms with Crippen LogP contribution in [0.1, 0.15) is 28.7 Å². The van der Waals surface area contributed by atoms with Crippen molar-refractivity contribution in [3.63, 3.8) is 0 Å². The summed E-state index contributed by atoms with van der Waals surface area (Å²) < 4.78 is 4.97. The highest BCUT2D eigenvalue weighted by Crippen LogP contribution is 2.34. The number of nitrogens with two attached hydrogens (primary N) is 1.